The highest BCUT2D eigenvalue weighted by molar-refractivity contribution is 6.07. The average Bonchev–Trinajstić information content (AvgIpc) is 2.41. The molecule has 110 valence electrons. The first-order chi connectivity index (χ1) is 9.95. The second kappa shape index (κ2) is 5.82. The summed E-state index contributed by atoms with van der Waals surface area (Å²) in [6, 6.07) is 2.97. The van der Waals surface area contributed by atoms with Crippen molar-refractivity contribution in [2.24, 2.45) is 0 Å². The lowest BCUT2D eigenvalue weighted by Gasteiger charge is -2.28. The second-order valence-corrected chi connectivity index (χ2v) is 4.72. The van der Waals surface area contributed by atoms with Gasteiger partial charge in [-0.3, -0.25) is 29.4 Å². The van der Waals surface area contributed by atoms with E-state index in [1.807, 2.05) is 0 Å². The van der Waals surface area contributed by atoms with Crippen LogP contribution in [0, 0.1) is 12.7 Å². The van der Waals surface area contributed by atoms with Gasteiger partial charge in [0, 0.05) is 6.42 Å². The van der Waals surface area contributed by atoms with Crippen molar-refractivity contribution < 1.29 is 23.6 Å². The highest BCUT2D eigenvalue weighted by Crippen LogP contribution is 2.19. The standard InChI is InChI=1S/C14H13FN2O4/c1-8-3-2-4-9(15)12(8)14(21)17(7-18)10-5-6-11(19)16-13(10)20/h2-4,7,10H,5-6H2,1H3,(H,16,19,20). The molecule has 1 aliphatic rings. The predicted octanol–water partition coefficient (Wildman–Crippen LogP) is 0.538. The summed E-state index contributed by atoms with van der Waals surface area (Å²) < 4.78 is 13.8. The number of nitrogens with one attached hydrogen (secondary N) is 1. The van der Waals surface area contributed by atoms with Crippen LogP contribution in [0.5, 0.6) is 0 Å². The molecule has 0 saturated carbocycles. The van der Waals surface area contributed by atoms with Crippen LogP contribution in [0.1, 0.15) is 28.8 Å². The van der Waals surface area contributed by atoms with E-state index in [0.717, 1.165) is 6.07 Å². The molecule has 1 heterocycles. The van der Waals surface area contributed by atoms with Gasteiger partial charge in [-0.25, -0.2) is 4.39 Å². The molecule has 7 heteroatoms. The van der Waals surface area contributed by atoms with Crippen LogP contribution in [-0.2, 0) is 14.4 Å². The molecular formula is C14H13FN2O4. The van der Waals surface area contributed by atoms with E-state index >= 15 is 0 Å². The monoisotopic (exact) mass is 292 g/mol. The van der Waals surface area contributed by atoms with Gasteiger partial charge in [0.25, 0.3) is 5.91 Å². The van der Waals surface area contributed by atoms with Crippen LogP contribution < -0.4 is 5.32 Å². The summed E-state index contributed by atoms with van der Waals surface area (Å²) in [5.74, 6) is -2.86. The molecule has 6 nitrogen and oxygen atoms in total. The molecular weight excluding hydrogens is 279 g/mol. The average molecular weight is 292 g/mol. The summed E-state index contributed by atoms with van der Waals surface area (Å²) >= 11 is 0. The third-order valence-electron chi connectivity index (χ3n) is 3.33. The Labute approximate surface area is 119 Å². The number of aryl methyl sites for hydroxylation is 1. The van der Waals surface area contributed by atoms with Gasteiger partial charge in [-0.1, -0.05) is 12.1 Å². The van der Waals surface area contributed by atoms with Crippen molar-refractivity contribution in [2.75, 3.05) is 0 Å². The van der Waals surface area contributed by atoms with Crippen molar-refractivity contribution in [3.05, 3.63) is 35.1 Å². The minimum Gasteiger partial charge on any atom is -0.295 e. The summed E-state index contributed by atoms with van der Waals surface area (Å²) in [5, 5.41) is 2.06. The normalized spacial score (nSPS) is 18.1. The molecule has 0 aromatic heterocycles. The van der Waals surface area contributed by atoms with Crippen LogP contribution >= 0.6 is 0 Å². The van der Waals surface area contributed by atoms with Gasteiger partial charge in [0.15, 0.2) is 0 Å². The summed E-state index contributed by atoms with van der Waals surface area (Å²) in [7, 11) is 0. The molecule has 1 unspecified atom stereocenters. The van der Waals surface area contributed by atoms with E-state index in [1.165, 1.54) is 19.1 Å². The van der Waals surface area contributed by atoms with E-state index in [1.54, 1.807) is 0 Å². The van der Waals surface area contributed by atoms with Crippen molar-refractivity contribution in [3.8, 4) is 0 Å². The van der Waals surface area contributed by atoms with Crippen molar-refractivity contribution in [2.45, 2.75) is 25.8 Å². The van der Waals surface area contributed by atoms with Gasteiger partial charge >= 0.3 is 0 Å². The Balaban J connectivity index is 2.33. The molecule has 1 fully saturated rings. The predicted molar refractivity (Wildman–Crippen MR) is 69.5 cm³/mol. The number of carbonyl (C=O) groups is 4. The molecule has 1 N–H and O–H groups in total. The van der Waals surface area contributed by atoms with E-state index in [0.29, 0.717) is 10.5 Å². The number of hydrogen-bond donors (Lipinski definition) is 1. The number of carbonyl (C=O) groups excluding carboxylic acids is 4. The van der Waals surface area contributed by atoms with E-state index in [4.69, 9.17) is 0 Å². The van der Waals surface area contributed by atoms with E-state index in [-0.39, 0.29) is 24.8 Å². The summed E-state index contributed by atoms with van der Waals surface area (Å²) in [6.07, 6.45) is 0.237. The molecule has 0 bridgehead atoms. The molecule has 1 aromatic carbocycles. The fourth-order valence-corrected chi connectivity index (χ4v) is 2.24. The second-order valence-electron chi connectivity index (χ2n) is 4.72. The van der Waals surface area contributed by atoms with Crippen molar-refractivity contribution >= 4 is 24.1 Å². The first-order valence-corrected chi connectivity index (χ1v) is 6.32. The Morgan fingerprint density at radius 3 is 2.71 bits per heavy atom. The Hall–Kier alpha value is -2.57. The lowest BCUT2D eigenvalue weighted by atomic mass is 10.0. The van der Waals surface area contributed by atoms with E-state index in [9.17, 15) is 23.6 Å². The fourth-order valence-electron chi connectivity index (χ4n) is 2.24. The molecule has 2 rings (SSSR count). The number of nitrogens with zero attached hydrogens (tertiary/aromatic N) is 1. The zero-order chi connectivity index (χ0) is 15.6. The lowest BCUT2D eigenvalue weighted by molar-refractivity contribution is -0.139. The number of rotatable bonds is 3. The largest absolute Gasteiger partial charge is 0.295 e. The molecule has 21 heavy (non-hydrogen) atoms. The fraction of sp³-hybridized carbons (Fsp3) is 0.286. The van der Waals surface area contributed by atoms with Gasteiger partial charge in [0.1, 0.15) is 11.9 Å². The Kier molecular flexibility index (Phi) is 4.11. The summed E-state index contributed by atoms with van der Waals surface area (Å²) in [6.45, 7) is 1.53. The Bertz CT molecular complexity index is 609. The lowest BCUT2D eigenvalue weighted by Crippen LogP contribution is -2.54. The number of imide groups is 2. The number of piperidine rings is 1. The maximum atomic E-state index is 13.8. The third-order valence-corrected chi connectivity index (χ3v) is 3.33. The summed E-state index contributed by atoms with van der Waals surface area (Å²) in [4.78, 5) is 47.0. The number of amides is 4. The maximum absolute atomic E-state index is 13.8. The SMILES string of the molecule is Cc1cccc(F)c1C(=O)N(C=O)C1CCC(=O)NC1=O. The van der Waals surface area contributed by atoms with Gasteiger partial charge in [0.2, 0.25) is 18.2 Å². The van der Waals surface area contributed by atoms with Crippen LogP contribution in [-0.4, -0.2) is 35.1 Å². The molecule has 0 aliphatic carbocycles. The Morgan fingerprint density at radius 2 is 2.14 bits per heavy atom. The van der Waals surface area contributed by atoms with Crippen molar-refractivity contribution in [1.29, 1.82) is 0 Å². The summed E-state index contributed by atoms with van der Waals surface area (Å²) in [5.41, 5.74) is 0.105. The highest BCUT2D eigenvalue weighted by atomic mass is 19.1. The van der Waals surface area contributed by atoms with Crippen LogP contribution in [0.15, 0.2) is 18.2 Å². The van der Waals surface area contributed by atoms with Crippen LogP contribution in [0.25, 0.3) is 0 Å². The number of benzene rings is 1. The third kappa shape index (κ3) is 2.81. The molecule has 0 spiro atoms. The number of hydrogen-bond acceptors (Lipinski definition) is 4. The minimum absolute atomic E-state index is 0.0181. The molecule has 1 atom stereocenters. The first-order valence-electron chi connectivity index (χ1n) is 6.32. The van der Waals surface area contributed by atoms with Gasteiger partial charge in [-0.15, -0.1) is 0 Å². The molecule has 0 radical (unpaired) electrons. The zero-order valence-corrected chi connectivity index (χ0v) is 11.3. The molecule has 1 saturated heterocycles. The highest BCUT2D eigenvalue weighted by Gasteiger charge is 2.35. The van der Waals surface area contributed by atoms with Gasteiger partial charge in [-0.05, 0) is 25.0 Å². The van der Waals surface area contributed by atoms with Gasteiger partial charge < -0.3 is 0 Å². The van der Waals surface area contributed by atoms with Crippen molar-refractivity contribution in [3.63, 3.8) is 0 Å². The minimum atomic E-state index is -1.10. The smallest absolute Gasteiger partial charge is 0.264 e. The molecule has 4 amide bonds. The van der Waals surface area contributed by atoms with Gasteiger partial charge in [-0.2, -0.15) is 0 Å². The van der Waals surface area contributed by atoms with E-state index in [2.05, 4.69) is 5.32 Å². The van der Waals surface area contributed by atoms with Crippen LogP contribution in [0.3, 0.4) is 0 Å². The molecule has 1 aromatic rings. The maximum Gasteiger partial charge on any atom is 0.264 e. The van der Waals surface area contributed by atoms with Gasteiger partial charge in [0.05, 0.1) is 5.56 Å². The zero-order valence-electron chi connectivity index (χ0n) is 11.3. The van der Waals surface area contributed by atoms with Crippen molar-refractivity contribution in [1.82, 2.24) is 10.2 Å². The molecule has 1 aliphatic heterocycles. The van der Waals surface area contributed by atoms with E-state index < -0.39 is 29.6 Å². The topological polar surface area (TPSA) is 83.6 Å². The Morgan fingerprint density at radius 1 is 1.43 bits per heavy atom. The first kappa shape index (κ1) is 14.8. The van der Waals surface area contributed by atoms with Crippen LogP contribution in [0.2, 0.25) is 0 Å². The van der Waals surface area contributed by atoms with Crippen LogP contribution in [0.4, 0.5) is 4.39 Å². The number of halogens is 1. The quantitative estimate of drug-likeness (QED) is 0.651.